The molecule has 0 aliphatic carbocycles. The van der Waals surface area contributed by atoms with E-state index in [9.17, 15) is 21.6 Å². The molecule has 3 rings (SSSR count). The van der Waals surface area contributed by atoms with E-state index in [1.165, 1.54) is 17.6 Å². The molecule has 0 fully saturated rings. The van der Waals surface area contributed by atoms with Crippen molar-refractivity contribution in [3.8, 4) is 10.8 Å². The molecule has 3 aromatic rings. The molecular weight excluding hydrogens is 389 g/mol. The summed E-state index contributed by atoms with van der Waals surface area (Å²) in [5.41, 5.74) is -0.400. The van der Waals surface area contributed by atoms with Crippen LogP contribution in [0.4, 0.5) is 13.2 Å². The summed E-state index contributed by atoms with van der Waals surface area (Å²) in [7, 11) is -4.10. The highest BCUT2D eigenvalue weighted by atomic mass is 32.2. The summed E-state index contributed by atoms with van der Waals surface area (Å²) in [6.07, 6.45) is -3.11. The van der Waals surface area contributed by atoms with Gasteiger partial charge in [0.25, 0.3) is 0 Å². The molecule has 2 aromatic heterocycles. The van der Waals surface area contributed by atoms with Crippen LogP contribution in [0.1, 0.15) is 16.1 Å². The van der Waals surface area contributed by atoms with Crippen LogP contribution in [-0.2, 0) is 22.7 Å². The van der Waals surface area contributed by atoms with Gasteiger partial charge in [-0.15, -0.1) is 11.3 Å². The molecule has 1 N–H and O–H groups in total. The van der Waals surface area contributed by atoms with Crippen LogP contribution in [0.3, 0.4) is 0 Å². The number of benzene rings is 1. The molecule has 0 amide bonds. The Morgan fingerprint density at radius 3 is 2.65 bits per heavy atom. The zero-order valence-corrected chi connectivity index (χ0v) is 15.0. The van der Waals surface area contributed by atoms with Gasteiger partial charge >= 0.3 is 6.18 Å². The van der Waals surface area contributed by atoms with Gasteiger partial charge in [0, 0.05) is 11.4 Å². The predicted molar refractivity (Wildman–Crippen MR) is 90.0 cm³/mol. The zero-order valence-electron chi connectivity index (χ0n) is 13.4. The second-order valence-corrected chi connectivity index (χ2v) is 8.21. The Morgan fingerprint density at radius 2 is 2.00 bits per heavy atom. The maximum atomic E-state index is 12.8. The van der Waals surface area contributed by atoms with E-state index in [1.807, 2.05) is 0 Å². The van der Waals surface area contributed by atoms with E-state index in [0.29, 0.717) is 27.4 Å². The van der Waals surface area contributed by atoms with Crippen molar-refractivity contribution in [1.82, 2.24) is 9.71 Å². The highest BCUT2D eigenvalue weighted by Crippen LogP contribution is 2.31. The Kier molecular flexibility index (Phi) is 4.91. The first-order valence-electron chi connectivity index (χ1n) is 7.34. The van der Waals surface area contributed by atoms with Gasteiger partial charge in [0.1, 0.15) is 0 Å². The summed E-state index contributed by atoms with van der Waals surface area (Å²) in [5.74, 6) is 0.560. The fourth-order valence-corrected chi connectivity index (χ4v) is 4.28. The SMILES string of the molecule is Cc1nc(-c2ccco2)sc1CNS(=O)(=O)c1cccc(C(F)(F)F)c1. The van der Waals surface area contributed by atoms with Gasteiger partial charge in [-0.25, -0.2) is 18.1 Å². The molecule has 138 valence electrons. The minimum absolute atomic E-state index is 0.0806. The normalized spacial score (nSPS) is 12.5. The van der Waals surface area contributed by atoms with Gasteiger partial charge in [-0.1, -0.05) is 6.07 Å². The second kappa shape index (κ2) is 6.86. The lowest BCUT2D eigenvalue weighted by molar-refractivity contribution is -0.137. The summed E-state index contributed by atoms with van der Waals surface area (Å²) >= 11 is 1.25. The summed E-state index contributed by atoms with van der Waals surface area (Å²) in [5, 5.41) is 0.598. The van der Waals surface area contributed by atoms with Crippen molar-refractivity contribution < 1.29 is 26.0 Å². The van der Waals surface area contributed by atoms with E-state index in [-0.39, 0.29) is 6.54 Å². The van der Waals surface area contributed by atoms with E-state index in [1.54, 1.807) is 19.1 Å². The molecule has 10 heteroatoms. The van der Waals surface area contributed by atoms with Gasteiger partial charge in [-0.05, 0) is 37.3 Å². The van der Waals surface area contributed by atoms with Crippen LogP contribution in [0.15, 0.2) is 52.0 Å². The van der Waals surface area contributed by atoms with E-state index in [2.05, 4.69) is 9.71 Å². The Bertz CT molecular complexity index is 1010. The molecule has 0 aliphatic rings. The summed E-state index contributed by atoms with van der Waals surface area (Å²) in [4.78, 5) is 4.52. The van der Waals surface area contributed by atoms with Gasteiger partial charge < -0.3 is 4.42 Å². The third-order valence-electron chi connectivity index (χ3n) is 3.52. The molecule has 1 aromatic carbocycles. The molecule has 0 unspecified atom stereocenters. The van der Waals surface area contributed by atoms with Crippen LogP contribution in [-0.4, -0.2) is 13.4 Å². The van der Waals surface area contributed by atoms with Crippen molar-refractivity contribution in [2.24, 2.45) is 0 Å². The number of sulfonamides is 1. The fourth-order valence-electron chi connectivity index (χ4n) is 2.18. The Balaban J connectivity index is 1.79. The third kappa shape index (κ3) is 3.97. The standard InChI is InChI=1S/C16H13F3N2O3S2/c1-10-14(25-15(21-10)13-6-3-7-24-13)9-20-26(22,23)12-5-2-4-11(8-12)16(17,18)19/h2-8,20H,9H2,1H3. The number of hydrogen-bond acceptors (Lipinski definition) is 5. The number of aromatic nitrogens is 1. The Morgan fingerprint density at radius 1 is 1.23 bits per heavy atom. The molecule has 0 radical (unpaired) electrons. The van der Waals surface area contributed by atoms with Crippen molar-refractivity contribution in [2.75, 3.05) is 0 Å². The minimum atomic E-state index is -4.61. The lowest BCUT2D eigenvalue weighted by Gasteiger charge is -2.10. The summed E-state index contributed by atoms with van der Waals surface area (Å²) < 4.78 is 70.5. The van der Waals surface area contributed by atoms with Gasteiger partial charge in [-0.2, -0.15) is 13.2 Å². The number of furan rings is 1. The maximum absolute atomic E-state index is 12.8. The van der Waals surface area contributed by atoms with Gasteiger partial charge in [0.2, 0.25) is 10.0 Å². The number of aryl methyl sites for hydroxylation is 1. The van der Waals surface area contributed by atoms with Crippen molar-refractivity contribution in [1.29, 1.82) is 0 Å². The molecule has 26 heavy (non-hydrogen) atoms. The third-order valence-corrected chi connectivity index (χ3v) is 6.09. The van der Waals surface area contributed by atoms with Crippen LogP contribution < -0.4 is 4.72 Å². The molecule has 2 heterocycles. The van der Waals surface area contributed by atoms with Gasteiger partial charge in [-0.3, -0.25) is 0 Å². The molecule has 0 atom stereocenters. The number of halogens is 3. The van der Waals surface area contributed by atoms with Crippen molar-refractivity contribution >= 4 is 21.4 Å². The quantitative estimate of drug-likeness (QED) is 0.694. The predicted octanol–water partition coefficient (Wildman–Crippen LogP) is 4.21. The average molecular weight is 402 g/mol. The van der Waals surface area contributed by atoms with Crippen LogP contribution in [0.25, 0.3) is 10.8 Å². The smallest absolute Gasteiger partial charge is 0.416 e. The number of alkyl halides is 3. The first kappa shape index (κ1) is 18.6. The largest absolute Gasteiger partial charge is 0.462 e. The molecular formula is C16H13F3N2O3S2. The number of rotatable bonds is 5. The second-order valence-electron chi connectivity index (χ2n) is 5.36. The highest BCUT2D eigenvalue weighted by molar-refractivity contribution is 7.89. The Hall–Kier alpha value is -2.17. The Labute approximate surface area is 151 Å². The lowest BCUT2D eigenvalue weighted by Crippen LogP contribution is -2.23. The minimum Gasteiger partial charge on any atom is -0.462 e. The van der Waals surface area contributed by atoms with E-state index < -0.39 is 26.7 Å². The molecule has 5 nitrogen and oxygen atoms in total. The zero-order chi connectivity index (χ0) is 18.9. The molecule has 0 aliphatic heterocycles. The number of nitrogens with one attached hydrogen (secondary N) is 1. The van der Waals surface area contributed by atoms with E-state index >= 15 is 0 Å². The molecule has 0 spiro atoms. The van der Waals surface area contributed by atoms with Crippen LogP contribution >= 0.6 is 11.3 Å². The van der Waals surface area contributed by atoms with E-state index in [4.69, 9.17) is 4.42 Å². The van der Waals surface area contributed by atoms with Gasteiger partial charge in [0.15, 0.2) is 10.8 Å². The monoisotopic (exact) mass is 402 g/mol. The lowest BCUT2D eigenvalue weighted by atomic mass is 10.2. The average Bonchev–Trinajstić information content (AvgIpc) is 3.22. The van der Waals surface area contributed by atoms with Crippen molar-refractivity contribution in [2.45, 2.75) is 24.5 Å². The number of thiazole rings is 1. The van der Waals surface area contributed by atoms with Crippen LogP contribution in [0.2, 0.25) is 0 Å². The summed E-state index contributed by atoms with van der Waals surface area (Å²) in [6, 6.07) is 7.05. The van der Waals surface area contributed by atoms with Crippen LogP contribution in [0, 0.1) is 6.92 Å². The van der Waals surface area contributed by atoms with Crippen molar-refractivity contribution in [3.05, 3.63) is 58.8 Å². The van der Waals surface area contributed by atoms with Crippen LogP contribution in [0.5, 0.6) is 0 Å². The molecule has 0 saturated heterocycles. The topological polar surface area (TPSA) is 72.2 Å². The highest BCUT2D eigenvalue weighted by Gasteiger charge is 2.31. The number of hydrogen-bond donors (Lipinski definition) is 1. The maximum Gasteiger partial charge on any atom is 0.416 e. The molecule has 0 saturated carbocycles. The van der Waals surface area contributed by atoms with Gasteiger partial charge in [0.05, 0.1) is 22.4 Å². The fraction of sp³-hybridized carbons (Fsp3) is 0.188. The van der Waals surface area contributed by atoms with E-state index in [0.717, 1.165) is 18.2 Å². The van der Waals surface area contributed by atoms with Crippen molar-refractivity contribution in [3.63, 3.8) is 0 Å². The first-order valence-corrected chi connectivity index (χ1v) is 9.64. The summed E-state index contributed by atoms with van der Waals surface area (Å²) in [6.45, 7) is 1.64. The first-order chi connectivity index (χ1) is 12.2. The number of nitrogens with zero attached hydrogens (tertiary/aromatic N) is 1. The molecule has 0 bridgehead atoms.